The molecule has 49 heavy (non-hydrogen) atoms. The molecule has 0 radical (unpaired) electrons. The van der Waals surface area contributed by atoms with Crippen LogP contribution in [0.3, 0.4) is 0 Å². The summed E-state index contributed by atoms with van der Waals surface area (Å²) in [5.41, 5.74) is 1.50. The molecular weight excluding hydrogens is 626 g/mol. The Labute approximate surface area is 290 Å². The van der Waals surface area contributed by atoms with Crippen molar-refractivity contribution >= 4 is 11.9 Å². The molecule has 7 nitrogen and oxygen atoms in total. The number of hydrogen-bond donors (Lipinski definition) is 0. The van der Waals surface area contributed by atoms with Crippen LogP contribution >= 0.6 is 0 Å². The van der Waals surface area contributed by atoms with Gasteiger partial charge in [0.2, 0.25) is 5.91 Å². The molecule has 2 heterocycles. The van der Waals surface area contributed by atoms with Crippen LogP contribution in [0.2, 0.25) is 0 Å². The summed E-state index contributed by atoms with van der Waals surface area (Å²) in [6.45, 7) is 12.8. The van der Waals surface area contributed by atoms with Crippen LogP contribution in [0.4, 0.5) is 8.78 Å². The number of fused-ring (bicyclic) bond motifs is 4. The quantitative estimate of drug-likeness (QED) is 0.296. The molecule has 7 fully saturated rings. The van der Waals surface area contributed by atoms with Crippen molar-refractivity contribution in [3.05, 3.63) is 35.4 Å². The summed E-state index contributed by atoms with van der Waals surface area (Å²) in [7, 11) is 0. The monoisotopic (exact) mass is 682 g/mol. The van der Waals surface area contributed by atoms with Gasteiger partial charge in [0.25, 0.3) is 0 Å². The van der Waals surface area contributed by atoms with Gasteiger partial charge in [-0.3, -0.25) is 14.5 Å². The third kappa shape index (κ3) is 5.58. The van der Waals surface area contributed by atoms with Gasteiger partial charge in [-0.15, -0.1) is 0 Å². The Morgan fingerprint density at radius 2 is 1.65 bits per heavy atom. The first kappa shape index (κ1) is 34.0. The number of nitrogens with zero attached hydrogens (tertiary/aromatic N) is 2. The molecule has 5 aliphatic carbocycles. The van der Waals surface area contributed by atoms with E-state index in [9.17, 15) is 18.4 Å². The maximum atomic E-state index is 13.9. The van der Waals surface area contributed by atoms with E-state index in [-0.39, 0.29) is 47.6 Å². The summed E-state index contributed by atoms with van der Waals surface area (Å²) in [6.07, 6.45) is 11.8. The Balaban J connectivity index is 0.928. The average Bonchev–Trinajstić information content (AvgIpc) is 3.62. The van der Waals surface area contributed by atoms with Gasteiger partial charge in [-0.25, -0.2) is 8.78 Å². The van der Waals surface area contributed by atoms with Crippen LogP contribution in [0.15, 0.2) is 18.2 Å². The van der Waals surface area contributed by atoms with Crippen molar-refractivity contribution in [1.29, 1.82) is 0 Å². The maximum absolute atomic E-state index is 13.9. The molecule has 10 atom stereocenters. The molecule has 1 aromatic rings. The van der Waals surface area contributed by atoms with Gasteiger partial charge in [-0.1, -0.05) is 20.8 Å². The molecule has 2 spiro atoms. The molecule has 8 rings (SSSR count). The van der Waals surface area contributed by atoms with Gasteiger partial charge in [0, 0.05) is 44.6 Å². The fourth-order valence-electron chi connectivity index (χ4n) is 13.3. The van der Waals surface area contributed by atoms with E-state index in [4.69, 9.17) is 14.2 Å². The largest absolute Gasteiger partial charge is 0.461 e. The van der Waals surface area contributed by atoms with Gasteiger partial charge in [-0.2, -0.15) is 0 Å². The van der Waals surface area contributed by atoms with Crippen molar-refractivity contribution in [2.24, 2.45) is 45.3 Å². The summed E-state index contributed by atoms with van der Waals surface area (Å²) in [4.78, 5) is 29.6. The summed E-state index contributed by atoms with van der Waals surface area (Å²) in [5.74, 6) is 1.07. The van der Waals surface area contributed by atoms with Gasteiger partial charge in [0.05, 0.1) is 32.0 Å². The Bertz CT molecular complexity index is 1450. The fourth-order valence-corrected chi connectivity index (χ4v) is 13.3. The Morgan fingerprint density at radius 1 is 0.918 bits per heavy atom. The number of benzene rings is 1. The van der Waals surface area contributed by atoms with Crippen LogP contribution in [0.25, 0.3) is 0 Å². The first-order chi connectivity index (χ1) is 23.3. The first-order valence-corrected chi connectivity index (χ1v) is 19.2. The third-order valence-electron chi connectivity index (χ3n) is 15.5. The van der Waals surface area contributed by atoms with Crippen molar-refractivity contribution < 1.29 is 32.6 Å². The number of hydrogen-bond acceptors (Lipinski definition) is 6. The van der Waals surface area contributed by atoms with E-state index in [1.165, 1.54) is 57.6 Å². The van der Waals surface area contributed by atoms with E-state index in [0.29, 0.717) is 60.5 Å². The molecule has 7 aliphatic rings. The minimum atomic E-state index is -0.624. The van der Waals surface area contributed by atoms with Crippen LogP contribution in [-0.2, 0) is 30.3 Å². The smallest absolute Gasteiger partial charge is 0.320 e. The van der Waals surface area contributed by atoms with Gasteiger partial charge in [0.15, 0.2) is 0 Å². The molecule has 2 saturated heterocycles. The standard InChI is InChI=1S/C40H56F2N2O5/c1-25(45)44(21-26-17-27(41)19-28(42)18-26)22-29-5-6-31-33(48-29)20-32-30-7-8-34-37(2,3)35(49-36(46)23-43-13-15-47-16-14-43)9-10-40(34)24-39(30,40)12-11-38(31,32)4/h17-19,29-35H,5-16,20-24H2,1-4H3/t29?,30?,31?,32?,33?,34?,35-,38?,39-,40+/m0/s1. The van der Waals surface area contributed by atoms with E-state index >= 15 is 0 Å². The Kier molecular flexibility index (Phi) is 8.51. The number of esters is 1. The topological polar surface area (TPSA) is 68.3 Å². The summed E-state index contributed by atoms with van der Waals surface area (Å²) < 4.78 is 46.4. The molecule has 9 heteroatoms. The predicted octanol–water partition coefficient (Wildman–Crippen LogP) is 6.76. The highest BCUT2D eigenvalue weighted by Gasteiger charge is 2.80. The van der Waals surface area contributed by atoms with Crippen molar-refractivity contribution in [2.75, 3.05) is 39.4 Å². The molecular formula is C40H56F2N2O5. The predicted molar refractivity (Wildman–Crippen MR) is 180 cm³/mol. The van der Waals surface area contributed by atoms with Gasteiger partial charge in [0.1, 0.15) is 17.7 Å². The number of carbonyl (C=O) groups excluding carboxylic acids is 2. The number of amides is 1. The highest BCUT2D eigenvalue weighted by molar-refractivity contribution is 5.73. The SMILES string of the molecule is CC(=O)N(Cc1cc(F)cc(F)c1)CC1CCC2C(CC3C4CCC5C(C)(C)[C@@H](OC(=O)CN6CCOCC6)CC[C@@]56C[C@@]46CCC23C)O1. The Hall–Kier alpha value is -2.10. The minimum Gasteiger partial charge on any atom is -0.461 e. The number of rotatable bonds is 7. The number of morpholine rings is 1. The minimum absolute atomic E-state index is 0.0195. The molecule has 270 valence electrons. The van der Waals surface area contributed by atoms with Crippen molar-refractivity contribution in [3.8, 4) is 0 Å². The molecule has 0 N–H and O–H groups in total. The summed E-state index contributed by atoms with van der Waals surface area (Å²) in [5, 5.41) is 0. The Morgan fingerprint density at radius 3 is 2.39 bits per heavy atom. The van der Waals surface area contributed by atoms with E-state index in [1.807, 2.05) is 0 Å². The van der Waals surface area contributed by atoms with Crippen LogP contribution < -0.4 is 0 Å². The lowest BCUT2D eigenvalue weighted by molar-refractivity contribution is -0.177. The first-order valence-electron chi connectivity index (χ1n) is 19.2. The second-order valence-corrected chi connectivity index (χ2v) is 18.0. The van der Waals surface area contributed by atoms with Crippen LogP contribution in [0.5, 0.6) is 0 Å². The van der Waals surface area contributed by atoms with Crippen molar-refractivity contribution in [3.63, 3.8) is 0 Å². The lowest BCUT2D eigenvalue weighted by Crippen LogP contribution is -2.55. The zero-order valence-electron chi connectivity index (χ0n) is 30.0. The highest BCUT2D eigenvalue weighted by atomic mass is 19.1. The maximum Gasteiger partial charge on any atom is 0.320 e. The number of carbonyl (C=O) groups is 2. The zero-order chi connectivity index (χ0) is 34.3. The summed E-state index contributed by atoms with van der Waals surface area (Å²) in [6, 6.07) is 3.48. The lowest BCUT2D eigenvalue weighted by Gasteiger charge is -2.59. The van der Waals surface area contributed by atoms with Gasteiger partial charge < -0.3 is 19.1 Å². The molecule has 2 aliphatic heterocycles. The van der Waals surface area contributed by atoms with Crippen molar-refractivity contribution in [1.82, 2.24) is 9.80 Å². The number of halogens is 2. The second-order valence-electron chi connectivity index (χ2n) is 18.0. The molecule has 5 saturated carbocycles. The van der Waals surface area contributed by atoms with E-state index in [1.54, 1.807) is 4.90 Å². The molecule has 0 bridgehead atoms. The van der Waals surface area contributed by atoms with E-state index < -0.39 is 11.6 Å². The highest BCUT2D eigenvalue weighted by Crippen LogP contribution is 2.87. The normalized spacial score (nSPS) is 42.1. The average molecular weight is 683 g/mol. The molecule has 0 aromatic heterocycles. The van der Waals surface area contributed by atoms with Crippen LogP contribution in [-0.4, -0.2) is 79.4 Å². The van der Waals surface area contributed by atoms with Crippen LogP contribution in [0, 0.1) is 57.0 Å². The molecule has 1 amide bonds. The lowest BCUT2D eigenvalue weighted by atomic mass is 9.46. The van der Waals surface area contributed by atoms with E-state index in [2.05, 4.69) is 25.7 Å². The molecule has 1 aromatic carbocycles. The van der Waals surface area contributed by atoms with Gasteiger partial charge in [-0.05, 0) is 122 Å². The van der Waals surface area contributed by atoms with Crippen LogP contribution in [0.1, 0.15) is 97.5 Å². The third-order valence-corrected chi connectivity index (χ3v) is 15.5. The second kappa shape index (κ2) is 12.3. The van der Waals surface area contributed by atoms with Gasteiger partial charge >= 0.3 is 5.97 Å². The zero-order valence-corrected chi connectivity index (χ0v) is 30.0. The fraction of sp³-hybridized carbons (Fsp3) is 0.800. The van der Waals surface area contributed by atoms with E-state index in [0.717, 1.165) is 50.8 Å². The summed E-state index contributed by atoms with van der Waals surface area (Å²) >= 11 is 0. The molecule has 7 unspecified atom stereocenters. The number of ether oxygens (including phenoxy) is 3. The van der Waals surface area contributed by atoms with Crippen molar-refractivity contribution in [2.45, 2.75) is 117 Å².